The lowest BCUT2D eigenvalue weighted by Crippen LogP contribution is -2.31. The van der Waals surface area contributed by atoms with Crippen LogP contribution in [0.2, 0.25) is 0 Å². The molecule has 0 fully saturated rings. The van der Waals surface area contributed by atoms with Gasteiger partial charge in [-0.25, -0.2) is 23.5 Å². The summed E-state index contributed by atoms with van der Waals surface area (Å²) in [6, 6.07) is 6.71. The van der Waals surface area contributed by atoms with Crippen molar-refractivity contribution in [1.29, 1.82) is 0 Å². The lowest BCUT2D eigenvalue weighted by Gasteiger charge is -2.30. The molecule has 9 heteroatoms. The summed E-state index contributed by atoms with van der Waals surface area (Å²) in [5, 5.41) is 17.5. The minimum atomic E-state index is -3.72. The first-order chi connectivity index (χ1) is 11.9. The Balaban J connectivity index is 1.84. The van der Waals surface area contributed by atoms with Crippen LogP contribution in [0.3, 0.4) is 0 Å². The highest BCUT2D eigenvalue weighted by Gasteiger charge is 2.20. The number of aromatic nitrogens is 2. The highest BCUT2D eigenvalue weighted by Crippen LogP contribution is 2.26. The molecule has 0 unspecified atom stereocenters. The summed E-state index contributed by atoms with van der Waals surface area (Å²) in [4.78, 5) is 10.6. The van der Waals surface area contributed by atoms with Gasteiger partial charge in [0.2, 0.25) is 10.0 Å². The van der Waals surface area contributed by atoms with Crippen LogP contribution in [0.4, 0.5) is 11.6 Å². The predicted octanol–water partition coefficient (Wildman–Crippen LogP) is 0.479. The van der Waals surface area contributed by atoms with Crippen LogP contribution in [0.5, 0.6) is 0 Å². The van der Waals surface area contributed by atoms with E-state index in [0.717, 1.165) is 29.9 Å². The summed E-state index contributed by atoms with van der Waals surface area (Å²) in [6.45, 7) is 3.18. The van der Waals surface area contributed by atoms with Gasteiger partial charge in [-0.15, -0.1) is 0 Å². The molecule has 8 nitrogen and oxygen atoms in total. The van der Waals surface area contributed by atoms with Crippen molar-refractivity contribution in [3.8, 4) is 0 Å². The average Bonchev–Trinajstić information content (AvgIpc) is 2.60. The van der Waals surface area contributed by atoms with Crippen molar-refractivity contribution < 1.29 is 13.5 Å². The number of aliphatic hydroxyl groups excluding tert-OH is 1. The molecule has 1 aliphatic heterocycles. The fourth-order valence-corrected chi connectivity index (χ4v) is 3.37. The topological polar surface area (TPSA) is 121 Å². The van der Waals surface area contributed by atoms with Crippen molar-refractivity contribution in [2.24, 2.45) is 5.14 Å². The summed E-state index contributed by atoms with van der Waals surface area (Å²) in [5.74, 6) is 1.38. The zero-order valence-corrected chi connectivity index (χ0v) is 14.7. The largest absolute Gasteiger partial charge is 0.394 e. The van der Waals surface area contributed by atoms with E-state index < -0.39 is 10.0 Å². The molecule has 134 valence electrons. The Morgan fingerprint density at radius 1 is 1.32 bits per heavy atom. The van der Waals surface area contributed by atoms with Crippen LogP contribution in [0.1, 0.15) is 18.1 Å². The Bertz CT molecular complexity index is 872. The highest BCUT2D eigenvalue weighted by atomic mass is 32.2. The third kappa shape index (κ3) is 4.06. The lowest BCUT2D eigenvalue weighted by atomic mass is 10.00. The monoisotopic (exact) mass is 363 g/mol. The molecule has 2 heterocycles. The van der Waals surface area contributed by atoms with E-state index in [1.165, 1.54) is 6.33 Å². The number of hydrogen-bond acceptors (Lipinski definition) is 7. The molecule has 0 amide bonds. The third-order valence-corrected chi connectivity index (χ3v) is 5.07. The van der Waals surface area contributed by atoms with Crippen molar-refractivity contribution in [3.63, 3.8) is 0 Å². The van der Waals surface area contributed by atoms with E-state index in [-0.39, 0.29) is 17.5 Å². The first kappa shape index (κ1) is 17.6. The molecule has 0 saturated carbocycles. The van der Waals surface area contributed by atoms with E-state index in [1.54, 1.807) is 12.1 Å². The first-order valence-corrected chi connectivity index (χ1v) is 9.50. The zero-order chi connectivity index (χ0) is 18.0. The van der Waals surface area contributed by atoms with Gasteiger partial charge in [0.25, 0.3) is 0 Å². The van der Waals surface area contributed by atoms with Gasteiger partial charge in [0.05, 0.1) is 11.5 Å². The molecule has 0 aliphatic carbocycles. The second-order valence-electron chi connectivity index (χ2n) is 6.14. The normalized spacial score (nSPS) is 15.6. The summed E-state index contributed by atoms with van der Waals surface area (Å²) in [7, 11) is -3.72. The third-order valence-electron chi connectivity index (χ3n) is 4.16. The quantitative estimate of drug-likeness (QED) is 0.706. The number of benzene rings is 1. The Kier molecular flexibility index (Phi) is 4.89. The molecule has 25 heavy (non-hydrogen) atoms. The standard InChI is InChI=1S/C16H21N5O3S/c1-11(9-22)20-15-7-16(19-10-18-15)21-5-4-12-2-3-14(25(17,23)24)6-13(12)8-21/h2-3,6-7,10-11,22H,4-5,8-9H2,1H3,(H2,17,23,24)(H,18,19,20)/t11-/m0/s1. The molecular formula is C16H21N5O3S. The van der Waals surface area contributed by atoms with Gasteiger partial charge in [-0.05, 0) is 36.6 Å². The van der Waals surface area contributed by atoms with Crippen LogP contribution >= 0.6 is 0 Å². The van der Waals surface area contributed by atoms with Gasteiger partial charge in [-0.2, -0.15) is 0 Å². The number of nitrogens with one attached hydrogen (secondary N) is 1. The second-order valence-corrected chi connectivity index (χ2v) is 7.70. The van der Waals surface area contributed by atoms with Crippen molar-refractivity contribution in [2.75, 3.05) is 23.4 Å². The number of primary sulfonamides is 1. The number of sulfonamides is 1. The molecule has 0 bridgehead atoms. The van der Waals surface area contributed by atoms with E-state index in [1.807, 2.05) is 19.1 Å². The summed E-state index contributed by atoms with van der Waals surface area (Å²) >= 11 is 0. The highest BCUT2D eigenvalue weighted by molar-refractivity contribution is 7.89. The molecule has 0 spiro atoms. The van der Waals surface area contributed by atoms with Gasteiger partial charge >= 0.3 is 0 Å². The van der Waals surface area contributed by atoms with Crippen LogP contribution in [-0.4, -0.2) is 42.7 Å². The minimum Gasteiger partial charge on any atom is -0.394 e. The van der Waals surface area contributed by atoms with Crippen molar-refractivity contribution in [1.82, 2.24) is 9.97 Å². The van der Waals surface area contributed by atoms with E-state index in [9.17, 15) is 8.42 Å². The molecule has 1 atom stereocenters. The van der Waals surface area contributed by atoms with E-state index >= 15 is 0 Å². The molecular weight excluding hydrogens is 342 g/mol. The van der Waals surface area contributed by atoms with Crippen molar-refractivity contribution in [2.45, 2.75) is 30.8 Å². The maximum atomic E-state index is 11.6. The molecule has 3 rings (SSSR count). The number of fused-ring (bicyclic) bond motifs is 1. The lowest BCUT2D eigenvalue weighted by molar-refractivity contribution is 0.281. The molecule has 0 saturated heterocycles. The number of nitrogens with zero attached hydrogens (tertiary/aromatic N) is 3. The molecule has 4 N–H and O–H groups in total. The summed E-state index contributed by atoms with van der Waals surface area (Å²) < 4.78 is 23.1. The van der Waals surface area contributed by atoms with E-state index in [2.05, 4.69) is 20.2 Å². The van der Waals surface area contributed by atoms with Gasteiger partial charge < -0.3 is 15.3 Å². The molecule has 2 aromatic rings. The minimum absolute atomic E-state index is 0.00671. The molecule has 1 aromatic carbocycles. The summed E-state index contributed by atoms with van der Waals surface area (Å²) in [6.07, 6.45) is 2.26. The van der Waals surface area contributed by atoms with Crippen LogP contribution in [0, 0.1) is 0 Å². The maximum absolute atomic E-state index is 11.6. The zero-order valence-electron chi connectivity index (χ0n) is 13.9. The SMILES string of the molecule is C[C@@H](CO)Nc1cc(N2CCc3ccc(S(N)(=O)=O)cc3C2)ncn1. The number of anilines is 2. The van der Waals surface area contributed by atoms with E-state index in [0.29, 0.717) is 12.4 Å². The number of aliphatic hydroxyl groups is 1. The predicted molar refractivity (Wildman–Crippen MR) is 94.8 cm³/mol. The van der Waals surface area contributed by atoms with E-state index in [4.69, 9.17) is 10.2 Å². The number of hydrogen-bond donors (Lipinski definition) is 3. The Labute approximate surface area is 146 Å². The first-order valence-electron chi connectivity index (χ1n) is 7.96. The van der Waals surface area contributed by atoms with Crippen LogP contribution in [0.25, 0.3) is 0 Å². The fraction of sp³-hybridized carbons (Fsp3) is 0.375. The van der Waals surface area contributed by atoms with Gasteiger partial charge in [0, 0.05) is 25.2 Å². The van der Waals surface area contributed by atoms with Crippen LogP contribution < -0.4 is 15.4 Å². The van der Waals surface area contributed by atoms with Crippen LogP contribution in [0.15, 0.2) is 35.5 Å². The Morgan fingerprint density at radius 2 is 2.12 bits per heavy atom. The van der Waals surface area contributed by atoms with Gasteiger partial charge in [-0.3, -0.25) is 0 Å². The fourth-order valence-electron chi connectivity index (χ4n) is 2.80. The second kappa shape index (κ2) is 6.95. The van der Waals surface area contributed by atoms with Gasteiger partial charge in [-0.1, -0.05) is 6.07 Å². The number of rotatable bonds is 5. The molecule has 1 aromatic heterocycles. The van der Waals surface area contributed by atoms with Crippen LogP contribution in [-0.2, 0) is 23.0 Å². The number of nitrogens with two attached hydrogens (primary N) is 1. The van der Waals surface area contributed by atoms with Crippen molar-refractivity contribution >= 4 is 21.7 Å². The smallest absolute Gasteiger partial charge is 0.238 e. The maximum Gasteiger partial charge on any atom is 0.238 e. The summed E-state index contributed by atoms with van der Waals surface area (Å²) in [5.41, 5.74) is 2.04. The molecule has 0 radical (unpaired) electrons. The van der Waals surface area contributed by atoms with Gasteiger partial charge in [0.15, 0.2) is 0 Å². The van der Waals surface area contributed by atoms with Gasteiger partial charge in [0.1, 0.15) is 18.0 Å². The molecule has 1 aliphatic rings. The Morgan fingerprint density at radius 3 is 2.84 bits per heavy atom. The van der Waals surface area contributed by atoms with Crippen molar-refractivity contribution in [3.05, 3.63) is 41.7 Å². The Hall–Kier alpha value is -2.23. The average molecular weight is 363 g/mol.